The van der Waals surface area contributed by atoms with Crippen molar-refractivity contribution < 1.29 is 0 Å². The SMILES string of the molecule is N#Cc1ccccc1N1CCN(CCc2nnc(N)s2)CC1. The molecule has 2 heterocycles. The van der Waals surface area contributed by atoms with Gasteiger partial charge in [0.1, 0.15) is 11.1 Å². The van der Waals surface area contributed by atoms with Gasteiger partial charge in [-0.25, -0.2) is 0 Å². The molecule has 1 fully saturated rings. The molecule has 1 saturated heterocycles. The van der Waals surface area contributed by atoms with Crippen LogP contribution in [-0.4, -0.2) is 47.8 Å². The molecule has 0 saturated carbocycles. The molecule has 1 aliphatic heterocycles. The summed E-state index contributed by atoms with van der Waals surface area (Å²) in [5.41, 5.74) is 7.39. The summed E-state index contributed by atoms with van der Waals surface area (Å²) in [7, 11) is 0. The number of anilines is 2. The molecule has 22 heavy (non-hydrogen) atoms. The first-order chi connectivity index (χ1) is 10.8. The standard InChI is InChI=1S/C15H18N6S/c16-11-12-3-1-2-4-13(12)21-9-7-20(8-10-21)6-5-14-18-19-15(17)22-14/h1-4H,5-10H2,(H2,17,19). The number of nitriles is 1. The van der Waals surface area contributed by atoms with Gasteiger partial charge in [0.05, 0.1) is 11.3 Å². The fourth-order valence-corrected chi connectivity index (χ4v) is 3.28. The van der Waals surface area contributed by atoms with Gasteiger partial charge < -0.3 is 10.6 Å². The van der Waals surface area contributed by atoms with Crippen LogP contribution in [0.2, 0.25) is 0 Å². The number of nitrogens with zero attached hydrogens (tertiary/aromatic N) is 5. The van der Waals surface area contributed by atoms with E-state index in [-0.39, 0.29) is 0 Å². The van der Waals surface area contributed by atoms with E-state index in [4.69, 9.17) is 5.73 Å². The van der Waals surface area contributed by atoms with Crippen molar-refractivity contribution in [2.75, 3.05) is 43.4 Å². The monoisotopic (exact) mass is 314 g/mol. The number of hydrogen-bond acceptors (Lipinski definition) is 7. The van der Waals surface area contributed by atoms with Gasteiger partial charge in [0.15, 0.2) is 0 Å². The van der Waals surface area contributed by atoms with E-state index in [0.29, 0.717) is 5.13 Å². The zero-order valence-corrected chi connectivity index (χ0v) is 13.1. The van der Waals surface area contributed by atoms with Gasteiger partial charge in [-0.3, -0.25) is 4.90 Å². The van der Waals surface area contributed by atoms with E-state index in [0.717, 1.165) is 55.4 Å². The Morgan fingerprint density at radius 1 is 1.18 bits per heavy atom. The molecule has 0 spiro atoms. The van der Waals surface area contributed by atoms with E-state index in [1.165, 1.54) is 11.3 Å². The number of para-hydroxylation sites is 1. The van der Waals surface area contributed by atoms with Crippen LogP contribution in [0.5, 0.6) is 0 Å². The molecule has 1 aromatic heterocycles. The van der Waals surface area contributed by atoms with Crippen LogP contribution in [0.4, 0.5) is 10.8 Å². The van der Waals surface area contributed by atoms with E-state index in [1.54, 1.807) is 0 Å². The van der Waals surface area contributed by atoms with Crippen molar-refractivity contribution in [1.29, 1.82) is 5.26 Å². The molecular formula is C15H18N6S. The van der Waals surface area contributed by atoms with Crippen LogP contribution in [0.3, 0.4) is 0 Å². The summed E-state index contributed by atoms with van der Waals surface area (Å²) in [6.07, 6.45) is 0.893. The van der Waals surface area contributed by atoms with Crippen LogP contribution in [0.15, 0.2) is 24.3 Å². The molecule has 2 N–H and O–H groups in total. The summed E-state index contributed by atoms with van der Waals surface area (Å²) < 4.78 is 0. The summed E-state index contributed by atoms with van der Waals surface area (Å²) in [4.78, 5) is 4.71. The van der Waals surface area contributed by atoms with Crippen LogP contribution < -0.4 is 10.6 Å². The first-order valence-electron chi connectivity index (χ1n) is 7.30. The maximum Gasteiger partial charge on any atom is 0.203 e. The Labute approximate surface area is 133 Å². The minimum Gasteiger partial charge on any atom is -0.374 e. The van der Waals surface area contributed by atoms with E-state index in [9.17, 15) is 5.26 Å². The van der Waals surface area contributed by atoms with Gasteiger partial charge in [-0.1, -0.05) is 23.5 Å². The van der Waals surface area contributed by atoms with Crippen molar-refractivity contribution in [1.82, 2.24) is 15.1 Å². The highest BCUT2D eigenvalue weighted by Crippen LogP contribution is 2.21. The van der Waals surface area contributed by atoms with Crippen LogP contribution in [0.1, 0.15) is 10.6 Å². The molecule has 0 atom stereocenters. The first-order valence-corrected chi connectivity index (χ1v) is 8.12. The number of aromatic nitrogens is 2. The van der Waals surface area contributed by atoms with Gasteiger partial charge in [-0.05, 0) is 12.1 Å². The molecule has 114 valence electrons. The van der Waals surface area contributed by atoms with E-state index in [2.05, 4.69) is 26.1 Å². The molecule has 0 aliphatic carbocycles. The molecular weight excluding hydrogens is 296 g/mol. The van der Waals surface area contributed by atoms with Gasteiger partial charge >= 0.3 is 0 Å². The molecule has 3 rings (SSSR count). The number of hydrogen-bond donors (Lipinski definition) is 1. The smallest absolute Gasteiger partial charge is 0.203 e. The number of nitrogens with two attached hydrogens (primary N) is 1. The molecule has 2 aromatic rings. The highest BCUT2D eigenvalue weighted by molar-refractivity contribution is 7.15. The number of rotatable bonds is 4. The van der Waals surface area contributed by atoms with Crippen molar-refractivity contribution >= 4 is 22.2 Å². The zero-order chi connectivity index (χ0) is 15.4. The maximum absolute atomic E-state index is 9.20. The topological polar surface area (TPSA) is 82.1 Å². The highest BCUT2D eigenvalue weighted by Gasteiger charge is 2.19. The lowest BCUT2D eigenvalue weighted by molar-refractivity contribution is 0.260. The minimum atomic E-state index is 0.535. The molecule has 0 bridgehead atoms. The van der Waals surface area contributed by atoms with Gasteiger partial charge in [-0.2, -0.15) is 5.26 Å². The van der Waals surface area contributed by atoms with Crippen molar-refractivity contribution in [3.8, 4) is 6.07 Å². The molecule has 1 aliphatic rings. The van der Waals surface area contributed by atoms with Crippen LogP contribution in [0, 0.1) is 11.3 Å². The van der Waals surface area contributed by atoms with Crippen molar-refractivity contribution in [2.24, 2.45) is 0 Å². The third kappa shape index (κ3) is 3.35. The molecule has 7 heteroatoms. The van der Waals surface area contributed by atoms with E-state index in [1.807, 2.05) is 24.3 Å². The highest BCUT2D eigenvalue weighted by atomic mass is 32.1. The second kappa shape index (κ2) is 6.73. The van der Waals surface area contributed by atoms with Crippen molar-refractivity contribution in [3.05, 3.63) is 34.8 Å². The normalized spacial score (nSPS) is 15.7. The first kappa shape index (κ1) is 14.8. The van der Waals surface area contributed by atoms with Gasteiger partial charge in [0.25, 0.3) is 0 Å². The van der Waals surface area contributed by atoms with Crippen molar-refractivity contribution in [3.63, 3.8) is 0 Å². The second-order valence-electron chi connectivity index (χ2n) is 5.24. The Hall–Kier alpha value is -2.17. The maximum atomic E-state index is 9.20. The van der Waals surface area contributed by atoms with E-state index < -0.39 is 0 Å². The number of benzene rings is 1. The summed E-state index contributed by atoms with van der Waals surface area (Å²) in [5.74, 6) is 0. The summed E-state index contributed by atoms with van der Waals surface area (Å²) in [6.45, 7) is 4.85. The quantitative estimate of drug-likeness (QED) is 0.917. The van der Waals surface area contributed by atoms with E-state index >= 15 is 0 Å². The van der Waals surface area contributed by atoms with Gasteiger partial charge in [-0.15, -0.1) is 10.2 Å². The molecule has 0 unspecified atom stereocenters. The summed E-state index contributed by atoms with van der Waals surface area (Å²) >= 11 is 1.46. The number of piperazine rings is 1. The van der Waals surface area contributed by atoms with Crippen molar-refractivity contribution in [2.45, 2.75) is 6.42 Å². The Bertz CT molecular complexity index is 669. The van der Waals surface area contributed by atoms with Crippen LogP contribution >= 0.6 is 11.3 Å². The summed E-state index contributed by atoms with van der Waals surface area (Å²) in [6, 6.07) is 10.1. The third-order valence-corrected chi connectivity index (χ3v) is 4.67. The average molecular weight is 314 g/mol. The van der Waals surface area contributed by atoms with Gasteiger partial charge in [0, 0.05) is 39.1 Å². The Morgan fingerprint density at radius 2 is 1.95 bits per heavy atom. The largest absolute Gasteiger partial charge is 0.374 e. The third-order valence-electron chi connectivity index (χ3n) is 3.86. The second-order valence-corrected chi connectivity index (χ2v) is 6.34. The summed E-state index contributed by atoms with van der Waals surface area (Å²) in [5, 5.41) is 18.6. The lowest BCUT2D eigenvalue weighted by Crippen LogP contribution is -2.47. The number of nitrogen functional groups attached to an aromatic ring is 1. The molecule has 1 aromatic carbocycles. The Morgan fingerprint density at radius 3 is 2.64 bits per heavy atom. The fraction of sp³-hybridized carbons (Fsp3) is 0.400. The Kier molecular flexibility index (Phi) is 4.51. The van der Waals surface area contributed by atoms with Crippen LogP contribution in [-0.2, 0) is 6.42 Å². The predicted octanol–water partition coefficient (Wildman–Crippen LogP) is 1.36. The fourth-order valence-electron chi connectivity index (χ4n) is 2.68. The lowest BCUT2D eigenvalue weighted by Gasteiger charge is -2.36. The molecule has 0 amide bonds. The predicted molar refractivity (Wildman–Crippen MR) is 87.8 cm³/mol. The minimum absolute atomic E-state index is 0.535. The average Bonchev–Trinajstić information content (AvgIpc) is 2.99. The zero-order valence-electron chi connectivity index (χ0n) is 12.3. The molecule has 6 nitrogen and oxygen atoms in total. The van der Waals surface area contributed by atoms with Crippen LogP contribution in [0.25, 0.3) is 0 Å². The lowest BCUT2D eigenvalue weighted by atomic mass is 10.1. The molecule has 0 radical (unpaired) electrons. The van der Waals surface area contributed by atoms with Gasteiger partial charge in [0.2, 0.25) is 5.13 Å². The Balaban J connectivity index is 1.53.